The van der Waals surface area contributed by atoms with Crippen LogP contribution in [0.5, 0.6) is 0 Å². The molecule has 1 aromatic heterocycles. The third-order valence-corrected chi connectivity index (χ3v) is 5.48. The van der Waals surface area contributed by atoms with Gasteiger partial charge in [-0.25, -0.2) is 14.8 Å². The molecule has 7 nitrogen and oxygen atoms in total. The molecule has 26 heavy (non-hydrogen) atoms. The summed E-state index contributed by atoms with van der Waals surface area (Å²) >= 11 is 0. The molecule has 0 bridgehead atoms. The van der Waals surface area contributed by atoms with Crippen LogP contribution in [0, 0.1) is 25.7 Å². The maximum absolute atomic E-state index is 13.0. The Morgan fingerprint density at radius 2 is 1.77 bits per heavy atom. The fourth-order valence-corrected chi connectivity index (χ4v) is 4.17. The second-order valence-corrected chi connectivity index (χ2v) is 7.37. The minimum absolute atomic E-state index is 0.0272. The van der Waals surface area contributed by atoms with Gasteiger partial charge >= 0.3 is 5.97 Å². The van der Waals surface area contributed by atoms with E-state index in [0.29, 0.717) is 41.3 Å². The number of aromatic nitrogens is 2. The topological polar surface area (TPSA) is 84.4 Å². The predicted octanol–water partition coefficient (Wildman–Crippen LogP) is 2.33. The number of carbonyl (C=O) groups excluding carboxylic acids is 2. The van der Waals surface area contributed by atoms with Crippen LogP contribution in [0.2, 0.25) is 0 Å². The van der Waals surface area contributed by atoms with Crippen LogP contribution in [0.4, 0.5) is 5.95 Å². The number of nitrogens with zero attached hydrogens (tertiary/aromatic N) is 3. The van der Waals surface area contributed by atoms with Crippen molar-refractivity contribution in [3.63, 3.8) is 0 Å². The molecule has 3 rings (SSSR count). The largest absolute Gasteiger partial charge is 0.464 e. The van der Waals surface area contributed by atoms with Crippen LogP contribution in [0.25, 0.3) is 0 Å². The Labute approximate surface area is 154 Å². The molecule has 2 heterocycles. The van der Waals surface area contributed by atoms with Crippen molar-refractivity contribution < 1.29 is 14.3 Å². The summed E-state index contributed by atoms with van der Waals surface area (Å²) in [4.78, 5) is 35.5. The zero-order chi connectivity index (χ0) is 18.8. The number of anilines is 1. The smallest absolute Gasteiger partial charge is 0.328 e. The third kappa shape index (κ3) is 3.66. The number of rotatable bonds is 5. The zero-order valence-electron chi connectivity index (χ0n) is 16.0. The second-order valence-electron chi connectivity index (χ2n) is 7.37. The molecule has 0 aromatic carbocycles. The summed E-state index contributed by atoms with van der Waals surface area (Å²) in [5.41, 5.74) is 1.86. The van der Waals surface area contributed by atoms with Crippen molar-refractivity contribution in [2.24, 2.45) is 11.8 Å². The lowest BCUT2D eigenvalue weighted by Crippen LogP contribution is -2.32. The fraction of sp³-hybridized carbons (Fsp3) is 0.684. The van der Waals surface area contributed by atoms with Crippen LogP contribution in [-0.2, 0) is 9.53 Å². The van der Waals surface area contributed by atoms with Gasteiger partial charge in [0.15, 0.2) is 0 Å². The molecule has 142 valence electrons. The monoisotopic (exact) mass is 360 g/mol. The van der Waals surface area contributed by atoms with E-state index in [1.165, 1.54) is 19.3 Å². The molecule has 0 radical (unpaired) electrons. The molecule has 0 spiro atoms. The van der Waals surface area contributed by atoms with Crippen LogP contribution in [0.3, 0.4) is 0 Å². The Balaban J connectivity index is 1.73. The number of amides is 1. The third-order valence-electron chi connectivity index (χ3n) is 5.48. The highest BCUT2D eigenvalue weighted by Gasteiger charge is 2.39. The van der Waals surface area contributed by atoms with E-state index in [2.05, 4.69) is 15.3 Å². The Bertz CT molecular complexity index is 671. The van der Waals surface area contributed by atoms with Crippen LogP contribution < -0.4 is 5.32 Å². The van der Waals surface area contributed by atoms with Gasteiger partial charge in [-0.05, 0) is 52.4 Å². The van der Waals surface area contributed by atoms with E-state index in [1.54, 1.807) is 13.8 Å². The molecule has 1 saturated carbocycles. The van der Waals surface area contributed by atoms with Gasteiger partial charge in [-0.15, -0.1) is 0 Å². The number of fused-ring (bicyclic) bond motifs is 1. The van der Waals surface area contributed by atoms with Crippen LogP contribution >= 0.6 is 0 Å². The van der Waals surface area contributed by atoms with Gasteiger partial charge in [-0.2, -0.15) is 0 Å². The SMILES string of the molecule is CCOC(=O)[C@H](C)Nc1nc(C)c(C(=O)N2CC3CCCC3C2)c(C)n1. The standard InChI is InChI=1S/C19H28N4O3/c1-5-26-18(25)13(4)22-19-20-11(2)16(12(3)21-19)17(24)23-9-14-7-6-8-15(14)10-23/h13-15H,5-10H2,1-4H3,(H,20,21,22)/t13-,14?,15?/m0/s1. The summed E-state index contributed by atoms with van der Waals surface area (Å²) in [7, 11) is 0. The van der Waals surface area contributed by atoms with Crippen molar-refractivity contribution in [1.82, 2.24) is 14.9 Å². The van der Waals surface area contributed by atoms with Crippen molar-refractivity contribution >= 4 is 17.8 Å². The van der Waals surface area contributed by atoms with E-state index in [-0.39, 0.29) is 11.9 Å². The maximum Gasteiger partial charge on any atom is 0.328 e. The highest BCUT2D eigenvalue weighted by molar-refractivity contribution is 5.96. The Morgan fingerprint density at radius 3 is 2.31 bits per heavy atom. The molecule has 1 aliphatic heterocycles. The minimum atomic E-state index is -0.548. The highest BCUT2D eigenvalue weighted by Crippen LogP contribution is 2.38. The summed E-state index contributed by atoms with van der Waals surface area (Å²) < 4.78 is 4.98. The maximum atomic E-state index is 13.0. The number of esters is 1. The van der Waals surface area contributed by atoms with Crippen molar-refractivity contribution in [3.8, 4) is 0 Å². The minimum Gasteiger partial charge on any atom is -0.464 e. The lowest BCUT2D eigenvalue weighted by Gasteiger charge is -2.20. The van der Waals surface area contributed by atoms with Crippen molar-refractivity contribution in [1.29, 1.82) is 0 Å². The first-order chi connectivity index (χ1) is 12.4. The molecule has 2 fully saturated rings. The van der Waals surface area contributed by atoms with E-state index in [0.717, 1.165) is 13.1 Å². The molecular weight excluding hydrogens is 332 g/mol. The molecule has 2 aliphatic rings. The number of hydrogen-bond donors (Lipinski definition) is 1. The van der Waals surface area contributed by atoms with Crippen LogP contribution in [-0.4, -0.2) is 52.5 Å². The van der Waals surface area contributed by atoms with Gasteiger partial charge in [0.05, 0.1) is 23.6 Å². The van der Waals surface area contributed by atoms with E-state index in [4.69, 9.17) is 4.74 Å². The molecule has 7 heteroatoms. The second kappa shape index (κ2) is 7.60. The van der Waals surface area contributed by atoms with Gasteiger partial charge in [0.2, 0.25) is 5.95 Å². The lowest BCUT2D eigenvalue weighted by molar-refractivity contribution is -0.143. The molecule has 1 aliphatic carbocycles. The fourth-order valence-electron chi connectivity index (χ4n) is 4.17. The first-order valence-corrected chi connectivity index (χ1v) is 9.48. The van der Waals surface area contributed by atoms with Crippen LogP contribution in [0.1, 0.15) is 54.9 Å². The normalized spacial score (nSPS) is 22.8. The molecule has 1 aromatic rings. The summed E-state index contributed by atoms with van der Waals surface area (Å²) in [6.45, 7) is 9.13. The average molecular weight is 360 g/mol. The van der Waals surface area contributed by atoms with Gasteiger partial charge in [0.1, 0.15) is 6.04 Å². The van der Waals surface area contributed by atoms with E-state index < -0.39 is 6.04 Å². The average Bonchev–Trinajstić information content (AvgIpc) is 3.15. The summed E-state index contributed by atoms with van der Waals surface area (Å²) in [6, 6.07) is -0.548. The summed E-state index contributed by atoms with van der Waals surface area (Å²) in [6.07, 6.45) is 3.76. The molecule has 3 atom stereocenters. The first kappa shape index (κ1) is 18.6. The van der Waals surface area contributed by atoms with Crippen molar-refractivity contribution in [2.45, 2.75) is 53.0 Å². The predicted molar refractivity (Wildman–Crippen MR) is 98.0 cm³/mol. The first-order valence-electron chi connectivity index (χ1n) is 9.48. The zero-order valence-corrected chi connectivity index (χ0v) is 16.0. The van der Waals surface area contributed by atoms with Gasteiger partial charge in [-0.3, -0.25) is 4.79 Å². The van der Waals surface area contributed by atoms with Gasteiger partial charge in [0.25, 0.3) is 5.91 Å². The van der Waals surface area contributed by atoms with Gasteiger partial charge < -0.3 is 15.0 Å². The number of aryl methyl sites for hydroxylation is 2. The number of carbonyl (C=O) groups is 2. The number of nitrogens with one attached hydrogen (secondary N) is 1. The Hall–Kier alpha value is -2.18. The highest BCUT2D eigenvalue weighted by atomic mass is 16.5. The Kier molecular flexibility index (Phi) is 5.44. The van der Waals surface area contributed by atoms with E-state index >= 15 is 0 Å². The van der Waals surface area contributed by atoms with E-state index in [9.17, 15) is 9.59 Å². The summed E-state index contributed by atoms with van der Waals surface area (Å²) in [5.74, 6) is 1.34. The van der Waals surface area contributed by atoms with Gasteiger partial charge in [0, 0.05) is 13.1 Å². The number of ether oxygens (including phenoxy) is 1. The Morgan fingerprint density at radius 1 is 1.19 bits per heavy atom. The molecule has 1 N–H and O–H groups in total. The van der Waals surface area contributed by atoms with E-state index in [1.807, 2.05) is 18.7 Å². The summed E-state index contributed by atoms with van der Waals surface area (Å²) in [5, 5.41) is 2.95. The molecule has 1 amide bonds. The quantitative estimate of drug-likeness (QED) is 0.811. The molecular formula is C19H28N4O3. The van der Waals surface area contributed by atoms with Crippen LogP contribution in [0.15, 0.2) is 0 Å². The van der Waals surface area contributed by atoms with Crippen molar-refractivity contribution in [2.75, 3.05) is 25.0 Å². The number of hydrogen-bond acceptors (Lipinski definition) is 6. The lowest BCUT2D eigenvalue weighted by atomic mass is 10.0. The molecule has 2 unspecified atom stereocenters. The van der Waals surface area contributed by atoms with Gasteiger partial charge in [-0.1, -0.05) is 6.42 Å². The number of likely N-dealkylation sites (tertiary alicyclic amines) is 1. The van der Waals surface area contributed by atoms with Crippen molar-refractivity contribution in [3.05, 3.63) is 17.0 Å². The molecule has 1 saturated heterocycles.